The molecule has 0 amide bonds. The number of aryl methyl sites for hydroxylation is 1. The van der Waals surface area contributed by atoms with Gasteiger partial charge >= 0.3 is 0 Å². The van der Waals surface area contributed by atoms with Crippen LogP contribution in [0.5, 0.6) is 0 Å². The maximum absolute atomic E-state index is 10.1. The van der Waals surface area contributed by atoms with E-state index in [0.29, 0.717) is 12.2 Å². The van der Waals surface area contributed by atoms with Gasteiger partial charge in [-0.1, -0.05) is 20.8 Å². The Labute approximate surface area is 111 Å². The molecule has 98 valence electrons. The molecular formula is C14H19NO2S. The lowest BCUT2D eigenvalue weighted by atomic mass is 9.93. The summed E-state index contributed by atoms with van der Waals surface area (Å²) in [5, 5.41) is 13.1. The lowest BCUT2D eigenvalue weighted by molar-refractivity contribution is 0.148. The molecule has 3 nitrogen and oxygen atoms in total. The zero-order valence-electron chi connectivity index (χ0n) is 11.2. The predicted octanol–water partition coefficient (Wildman–Crippen LogP) is 3.62. The van der Waals surface area contributed by atoms with Crippen LogP contribution in [0.25, 0.3) is 0 Å². The minimum Gasteiger partial charge on any atom is -0.464 e. The molecule has 18 heavy (non-hydrogen) atoms. The van der Waals surface area contributed by atoms with Crippen LogP contribution in [0, 0.1) is 6.92 Å². The molecule has 1 unspecified atom stereocenters. The first-order valence-corrected chi connectivity index (χ1v) is 6.93. The Morgan fingerprint density at radius 2 is 2.11 bits per heavy atom. The molecule has 0 aliphatic heterocycles. The minimum atomic E-state index is -0.613. The van der Waals surface area contributed by atoms with E-state index in [2.05, 4.69) is 31.1 Å². The van der Waals surface area contributed by atoms with E-state index in [0.717, 1.165) is 16.5 Å². The number of aromatic nitrogens is 1. The molecule has 2 aromatic heterocycles. The topological polar surface area (TPSA) is 46.3 Å². The number of aliphatic hydroxyl groups excluding tert-OH is 1. The van der Waals surface area contributed by atoms with E-state index in [1.165, 1.54) is 0 Å². The summed E-state index contributed by atoms with van der Waals surface area (Å²) in [6, 6.07) is 3.68. The maximum atomic E-state index is 10.1. The number of rotatable bonds is 3. The average molecular weight is 265 g/mol. The standard InChI is InChI=1S/C14H19NO2S/c1-9-5-6-11(17-9)10(16)7-13-15-12(8-18-13)14(2,3)4/h5-6,8,10,16H,7H2,1-4H3. The lowest BCUT2D eigenvalue weighted by Crippen LogP contribution is -2.11. The maximum Gasteiger partial charge on any atom is 0.133 e. The van der Waals surface area contributed by atoms with Gasteiger partial charge in [-0.05, 0) is 19.1 Å². The molecule has 2 aromatic rings. The second kappa shape index (κ2) is 4.86. The summed E-state index contributed by atoms with van der Waals surface area (Å²) in [7, 11) is 0. The Balaban J connectivity index is 2.08. The van der Waals surface area contributed by atoms with Crippen molar-refractivity contribution in [3.8, 4) is 0 Å². The molecule has 4 heteroatoms. The highest BCUT2D eigenvalue weighted by molar-refractivity contribution is 7.09. The zero-order valence-corrected chi connectivity index (χ0v) is 12.0. The molecule has 0 radical (unpaired) electrons. The summed E-state index contributed by atoms with van der Waals surface area (Å²) >= 11 is 1.59. The second-order valence-corrected chi connectivity index (χ2v) is 6.49. The highest BCUT2D eigenvalue weighted by Crippen LogP contribution is 2.27. The third-order valence-electron chi connectivity index (χ3n) is 2.78. The van der Waals surface area contributed by atoms with Crippen LogP contribution in [-0.2, 0) is 11.8 Å². The highest BCUT2D eigenvalue weighted by atomic mass is 32.1. The highest BCUT2D eigenvalue weighted by Gasteiger charge is 2.19. The zero-order chi connectivity index (χ0) is 13.3. The van der Waals surface area contributed by atoms with E-state index < -0.39 is 6.10 Å². The van der Waals surface area contributed by atoms with Gasteiger partial charge in [0.2, 0.25) is 0 Å². The molecule has 0 aliphatic rings. The minimum absolute atomic E-state index is 0.0565. The third-order valence-corrected chi connectivity index (χ3v) is 3.65. The van der Waals surface area contributed by atoms with Gasteiger partial charge in [0.05, 0.1) is 10.7 Å². The Bertz CT molecular complexity index is 522. The van der Waals surface area contributed by atoms with Gasteiger partial charge in [0.15, 0.2) is 0 Å². The summed E-state index contributed by atoms with van der Waals surface area (Å²) < 4.78 is 5.42. The molecule has 2 heterocycles. The summed E-state index contributed by atoms with van der Waals surface area (Å²) in [5.41, 5.74) is 1.13. The Kier molecular flexibility index (Phi) is 3.59. The summed E-state index contributed by atoms with van der Waals surface area (Å²) in [6.07, 6.45) is -0.106. The van der Waals surface area contributed by atoms with Crippen molar-refractivity contribution < 1.29 is 9.52 Å². The van der Waals surface area contributed by atoms with Crippen molar-refractivity contribution in [1.82, 2.24) is 4.98 Å². The number of nitrogens with zero attached hydrogens (tertiary/aromatic N) is 1. The molecule has 0 saturated heterocycles. The van der Waals surface area contributed by atoms with Crippen LogP contribution in [0.2, 0.25) is 0 Å². The van der Waals surface area contributed by atoms with Gasteiger partial charge in [-0.2, -0.15) is 0 Å². The quantitative estimate of drug-likeness (QED) is 0.922. The smallest absolute Gasteiger partial charge is 0.133 e. The first kappa shape index (κ1) is 13.3. The molecule has 0 aromatic carbocycles. The molecule has 0 fully saturated rings. The van der Waals surface area contributed by atoms with Crippen molar-refractivity contribution in [2.45, 2.75) is 45.6 Å². The van der Waals surface area contributed by atoms with Gasteiger partial charge < -0.3 is 9.52 Å². The van der Waals surface area contributed by atoms with E-state index in [-0.39, 0.29) is 5.41 Å². The molecular weight excluding hydrogens is 246 g/mol. The van der Waals surface area contributed by atoms with E-state index in [4.69, 9.17) is 4.42 Å². The van der Waals surface area contributed by atoms with Gasteiger partial charge in [0, 0.05) is 17.2 Å². The van der Waals surface area contributed by atoms with E-state index >= 15 is 0 Å². The number of aliphatic hydroxyl groups is 1. The van der Waals surface area contributed by atoms with Crippen LogP contribution >= 0.6 is 11.3 Å². The van der Waals surface area contributed by atoms with Gasteiger partial charge in [-0.15, -0.1) is 11.3 Å². The lowest BCUT2D eigenvalue weighted by Gasteiger charge is -2.14. The van der Waals surface area contributed by atoms with Crippen LogP contribution in [0.3, 0.4) is 0 Å². The SMILES string of the molecule is Cc1ccc(C(O)Cc2nc(C(C)(C)C)cs2)o1. The molecule has 0 spiro atoms. The van der Waals surface area contributed by atoms with Crippen molar-refractivity contribution in [3.05, 3.63) is 39.7 Å². The summed E-state index contributed by atoms with van der Waals surface area (Å²) in [6.45, 7) is 8.28. The van der Waals surface area contributed by atoms with Crippen molar-refractivity contribution in [1.29, 1.82) is 0 Å². The van der Waals surface area contributed by atoms with Gasteiger partial charge in [0.1, 0.15) is 17.6 Å². The largest absolute Gasteiger partial charge is 0.464 e. The fourth-order valence-corrected chi connectivity index (χ4v) is 2.71. The molecule has 0 bridgehead atoms. The van der Waals surface area contributed by atoms with Crippen LogP contribution in [0.4, 0.5) is 0 Å². The van der Waals surface area contributed by atoms with Crippen molar-refractivity contribution >= 4 is 11.3 Å². The fourth-order valence-electron chi connectivity index (χ4n) is 1.65. The number of furan rings is 1. The fraction of sp³-hybridized carbons (Fsp3) is 0.500. The van der Waals surface area contributed by atoms with Crippen LogP contribution in [0.1, 0.15) is 49.1 Å². The molecule has 0 aliphatic carbocycles. The van der Waals surface area contributed by atoms with E-state index in [9.17, 15) is 5.11 Å². The van der Waals surface area contributed by atoms with Crippen LogP contribution < -0.4 is 0 Å². The first-order valence-electron chi connectivity index (χ1n) is 6.05. The van der Waals surface area contributed by atoms with Crippen molar-refractivity contribution in [2.24, 2.45) is 0 Å². The molecule has 2 rings (SSSR count). The Morgan fingerprint density at radius 3 is 2.61 bits per heavy atom. The van der Waals surface area contributed by atoms with E-state index in [1.807, 2.05) is 19.1 Å². The predicted molar refractivity (Wildman–Crippen MR) is 72.9 cm³/mol. The Hall–Kier alpha value is -1.13. The van der Waals surface area contributed by atoms with Crippen molar-refractivity contribution in [3.63, 3.8) is 0 Å². The van der Waals surface area contributed by atoms with Crippen LogP contribution in [-0.4, -0.2) is 10.1 Å². The van der Waals surface area contributed by atoms with Crippen LogP contribution in [0.15, 0.2) is 21.9 Å². The molecule has 1 N–H and O–H groups in total. The second-order valence-electron chi connectivity index (χ2n) is 5.54. The Morgan fingerprint density at radius 1 is 1.39 bits per heavy atom. The number of thiazole rings is 1. The summed E-state index contributed by atoms with van der Waals surface area (Å²) in [5.74, 6) is 1.43. The monoisotopic (exact) mass is 265 g/mol. The van der Waals surface area contributed by atoms with Gasteiger partial charge in [-0.3, -0.25) is 0 Å². The van der Waals surface area contributed by atoms with Crippen molar-refractivity contribution in [2.75, 3.05) is 0 Å². The van der Waals surface area contributed by atoms with E-state index in [1.54, 1.807) is 11.3 Å². The average Bonchev–Trinajstić information content (AvgIpc) is 2.85. The molecule has 0 saturated carbocycles. The number of hydrogen-bond donors (Lipinski definition) is 1. The third kappa shape index (κ3) is 3.00. The van der Waals surface area contributed by atoms with Gasteiger partial charge in [0.25, 0.3) is 0 Å². The summed E-state index contributed by atoms with van der Waals surface area (Å²) in [4.78, 5) is 4.57. The first-order chi connectivity index (χ1) is 8.36. The number of hydrogen-bond acceptors (Lipinski definition) is 4. The normalized spacial score (nSPS) is 13.8. The van der Waals surface area contributed by atoms with Gasteiger partial charge in [-0.25, -0.2) is 4.98 Å². The molecule has 1 atom stereocenters.